The topological polar surface area (TPSA) is 44.1 Å². The van der Waals surface area contributed by atoms with Crippen molar-refractivity contribution in [2.45, 2.75) is 45.3 Å². The van der Waals surface area contributed by atoms with Crippen molar-refractivity contribution >= 4 is 5.78 Å². The summed E-state index contributed by atoms with van der Waals surface area (Å²) in [5, 5.41) is 0. The zero-order valence-electron chi connectivity index (χ0n) is 9.90. The number of carbonyl (C=O) groups excluding carboxylic acids is 1. The first kappa shape index (κ1) is 11.3. The minimum atomic E-state index is 0.0850. The number of Topliss-reactive ketones (excluding diaryl/α,β-unsaturated/α-hetero) is 1. The van der Waals surface area contributed by atoms with Crippen LogP contribution >= 0.6 is 0 Å². The SMILES string of the molecule is COCc1ncc(C(C)=O)n1C1CCCC1. The number of rotatable bonds is 4. The summed E-state index contributed by atoms with van der Waals surface area (Å²) in [4.78, 5) is 15.8. The maximum absolute atomic E-state index is 11.5. The number of imidazole rings is 1. The van der Waals surface area contributed by atoms with Crippen molar-refractivity contribution in [2.24, 2.45) is 0 Å². The van der Waals surface area contributed by atoms with Gasteiger partial charge >= 0.3 is 0 Å². The number of methoxy groups -OCH3 is 1. The zero-order chi connectivity index (χ0) is 11.5. The molecule has 1 aliphatic rings. The molecule has 0 aromatic carbocycles. The minimum absolute atomic E-state index is 0.0850. The Balaban J connectivity index is 2.35. The Kier molecular flexibility index (Phi) is 3.39. The smallest absolute Gasteiger partial charge is 0.177 e. The van der Waals surface area contributed by atoms with Gasteiger partial charge in [0.15, 0.2) is 5.78 Å². The van der Waals surface area contributed by atoms with Gasteiger partial charge in [-0.05, 0) is 12.8 Å². The number of carbonyl (C=O) groups is 1. The van der Waals surface area contributed by atoms with Gasteiger partial charge in [-0.1, -0.05) is 12.8 Å². The van der Waals surface area contributed by atoms with Gasteiger partial charge in [-0.2, -0.15) is 0 Å². The summed E-state index contributed by atoms with van der Waals surface area (Å²) in [7, 11) is 1.65. The van der Waals surface area contributed by atoms with E-state index in [1.807, 2.05) is 0 Å². The monoisotopic (exact) mass is 222 g/mol. The van der Waals surface area contributed by atoms with Gasteiger partial charge in [0.25, 0.3) is 0 Å². The van der Waals surface area contributed by atoms with Gasteiger partial charge in [0.1, 0.15) is 18.1 Å². The summed E-state index contributed by atoms with van der Waals surface area (Å²) in [5.41, 5.74) is 0.721. The molecule has 4 nitrogen and oxygen atoms in total. The number of aromatic nitrogens is 2. The van der Waals surface area contributed by atoms with Crippen LogP contribution in [0, 0.1) is 0 Å². The molecule has 16 heavy (non-hydrogen) atoms. The van der Waals surface area contributed by atoms with Gasteiger partial charge in [0.05, 0.1) is 6.20 Å². The molecule has 0 N–H and O–H groups in total. The Labute approximate surface area is 95.6 Å². The van der Waals surface area contributed by atoms with Crippen molar-refractivity contribution in [3.63, 3.8) is 0 Å². The van der Waals surface area contributed by atoms with Crippen LogP contribution in [-0.2, 0) is 11.3 Å². The van der Waals surface area contributed by atoms with Crippen LogP contribution in [0.1, 0.15) is 55.0 Å². The summed E-state index contributed by atoms with van der Waals surface area (Å²) < 4.78 is 7.21. The molecular weight excluding hydrogens is 204 g/mol. The third kappa shape index (κ3) is 2.02. The molecule has 1 aliphatic carbocycles. The molecule has 1 fully saturated rings. The highest BCUT2D eigenvalue weighted by atomic mass is 16.5. The lowest BCUT2D eigenvalue weighted by molar-refractivity contribution is 0.100. The van der Waals surface area contributed by atoms with E-state index in [0.717, 1.165) is 24.4 Å². The van der Waals surface area contributed by atoms with Gasteiger partial charge in [0.2, 0.25) is 0 Å². The zero-order valence-corrected chi connectivity index (χ0v) is 9.90. The molecule has 2 rings (SSSR count). The van der Waals surface area contributed by atoms with Crippen LogP contribution in [-0.4, -0.2) is 22.4 Å². The van der Waals surface area contributed by atoms with Crippen LogP contribution in [0.2, 0.25) is 0 Å². The Morgan fingerprint density at radius 1 is 1.56 bits per heavy atom. The number of ether oxygens (including phenoxy) is 1. The van der Waals surface area contributed by atoms with Crippen LogP contribution in [0.5, 0.6) is 0 Å². The fraction of sp³-hybridized carbons (Fsp3) is 0.667. The van der Waals surface area contributed by atoms with E-state index in [-0.39, 0.29) is 5.78 Å². The first-order valence-corrected chi connectivity index (χ1v) is 5.80. The first-order valence-electron chi connectivity index (χ1n) is 5.80. The molecule has 0 saturated heterocycles. The Morgan fingerprint density at radius 2 is 2.25 bits per heavy atom. The molecular formula is C12H18N2O2. The fourth-order valence-electron chi connectivity index (χ4n) is 2.47. The van der Waals surface area contributed by atoms with Crippen LogP contribution < -0.4 is 0 Å². The molecule has 88 valence electrons. The molecule has 1 aromatic rings. The van der Waals surface area contributed by atoms with E-state index < -0.39 is 0 Å². The molecule has 4 heteroatoms. The quantitative estimate of drug-likeness (QED) is 0.734. The molecule has 0 unspecified atom stereocenters. The van der Waals surface area contributed by atoms with Gasteiger partial charge in [0, 0.05) is 20.1 Å². The van der Waals surface area contributed by atoms with Crippen molar-refractivity contribution in [1.82, 2.24) is 9.55 Å². The standard InChI is InChI=1S/C12H18N2O2/c1-9(15)11-7-13-12(8-16-2)14(11)10-5-3-4-6-10/h7,10H,3-6,8H2,1-2H3. The molecule has 1 saturated carbocycles. The van der Waals surface area contributed by atoms with E-state index in [1.54, 1.807) is 20.2 Å². The summed E-state index contributed by atoms with van der Waals surface area (Å²) in [5.74, 6) is 0.960. The first-order chi connectivity index (χ1) is 7.74. The predicted molar refractivity (Wildman–Crippen MR) is 60.4 cm³/mol. The van der Waals surface area contributed by atoms with Crippen LogP contribution in [0.3, 0.4) is 0 Å². The normalized spacial score (nSPS) is 16.9. The second kappa shape index (κ2) is 4.78. The Morgan fingerprint density at radius 3 is 2.81 bits per heavy atom. The van der Waals surface area contributed by atoms with Gasteiger partial charge < -0.3 is 9.30 Å². The number of hydrogen-bond donors (Lipinski definition) is 0. The van der Waals surface area contributed by atoms with Crippen molar-refractivity contribution in [1.29, 1.82) is 0 Å². The maximum atomic E-state index is 11.5. The van der Waals surface area contributed by atoms with Crippen LogP contribution in [0.15, 0.2) is 6.20 Å². The van der Waals surface area contributed by atoms with Gasteiger partial charge in [-0.3, -0.25) is 4.79 Å². The largest absolute Gasteiger partial charge is 0.377 e. The van der Waals surface area contributed by atoms with E-state index in [0.29, 0.717) is 12.6 Å². The third-order valence-electron chi connectivity index (χ3n) is 3.20. The molecule has 0 aliphatic heterocycles. The van der Waals surface area contributed by atoms with Crippen molar-refractivity contribution in [3.05, 3.63) is 17.7 Å². The molecule has 0 radical (unpaired) electrons. The van der Waals surface area contributed by atoms with E-state index in [4.69, 9.17) is 4.74 Å². The van der Waals surface area contributed by atoms with Crippen molar-refractivity contribution in [3.8, 4) is 0 Å². The molecule has 0 bridgehead atoms. The minimum Gasteiger partial charge on any atom is -0.377 e. The van der Waals surface area contributed by atoms with E-state index in [1.165, 1.54) is 12.8 Å². The highest BCUT2D eigenvalue weighted by Gasteiger charge is 2.23. The highest BCUT2D eigenvalue weighted by molar-refractivity contribution is 5.92. The molecule has 0 amide bonds. The van der Waals surface area contributed by atoms with E-state index in [2.05, 4.69) is 9.55 Å². The van der Waals surface area contributed by atoms with E-state index >= 15 is 0 Å². The molecule has 1 aromatic heterocycles. The van der Waals surface area contributed by atoms with Crippen LogP contribution in [0.25, 0.3) is 0 Å². The number of hydrogen-bond acceptors (Lipinski definition) is 3. The molecule has 0 atom stereocenters. The van der Waals surface area contributed by atoms with Crippen molar-refractivity contribution in [2.75, 3.05) is 7.11 Å². The fourth-order valence-corrected chi connectivity index (χ4v) is 2.47. The van der Waals surface area contributed by atoms with Gasteiger partial charge in [-0.15, -0.1) is 0 Å². The molecule has 0 spiro atoms. The third-order valence-corrected chi connectivity index (χ3v) is 3.20. The predicted octanol–water partition coefficient (Wildman–Crippen LogP) is 2.35. The van der Waals surface area contributed by atoms with Crippen molar-refractivity contribution < 1.29 is 9.53 Å². The average Bonchev–Trinajstić information content (AvgIpc) is 2.84. The summed E-state index contributed by atoms with van der Waals surface area (Å²) in [6.07, 6.45) is 6.45. The Hall–Kier alpha value is -1.16. The summed E-state index contributed by atoms with van der Waals surface area (Å²) in [6, 6.07) is 0.437. The molecule has 1 heterocycles. The highest BCUT2D eigenvalue weighted by Crippen LogP contribution is 2.32. The Bertz CT molecular complexity index is 378. The van der Waals surface area contributed by atoms with E-state index in [9.17, 15) is 4.79 Å². The number of ketones is 1. The maximum Gasteiger partial charge on any atom is 0.177 e. The lowest BCUT2D eigenvalue weighted by atomic mass is 10.2. The lowest BCUT2D eigenvalue weighted by Gasteiger charge is -2.17. The van der Waals surface area contributed by atoms with Crippen LogP contribution in [0.4, 0.5) is 0 Å². The average molecular weight is 222 g/mol. The number of nitrogens with zero attached hydrogens (tertiary/aromatic N) is 2. The second-order valence-electron chi connectivity index (χ2n) is 4.36. The lowest BCUT2D eigenvalue weighted by Crippen LogP contribution is -2.15. The summed E-state index contributed by atoms with van der Waals surface area (Å²) >= 11 is 0. The van der Waals surface area contributed by atoms with Gasteiger partial charge in [-0.25, -0.2) is 4.98 Å². The second-order valence-corrected chi connectivity index (χ2v) is 4.36. The summed E-state index contributed by atoms with van der Waals surface area (Å²) in [6.45, 7) is 2.07.